The summed E-state index contributed by atoms with van der Waals surface area (Å²) >= 11 is 6.00. The molecule has 3 nitrogen and oxygen atoms in total. The predicted molar refractivity (Wildman–Crippen MR) is 77.9 cm³/mol. The first-order valence-corrected chi connectivity index (χ1v) is 6.32. The van der Waals surface area contributed by atoms with E-state index >= 15 is 0 Å². The second-order valence-corrected chi connectivity index (χ2v) is 4.97. The summed E-state index contributed by atoms with van der Waals surface area (Å²) in [6.45, 7) is 4.02. The van der Waals surface area contributed by atoms with Crippen LogP contribution in [0.25, 0.3) is 0 Å². The minimum Gasteiger partial charge on any atom is -0.311 e. The fraction of sp³-hybridized carbons (Fsp3) is 0.200. The highest BCUT2D eigenvalue weighted by atomic mass is 35.5. The number of benzene rings is 1. The van der Waals surface area contributed by atoms with E-state index in [4.69, 9.17) is 11.6 Å². The maximum Gasteiger partial charge on any atom is 0.259 e. The fourth-order valence-corrected chi connectivity index (χ4v) is 2.19. The van der Waals surface area contributed by atoms with Crippen LogP contribution in [-0.4, -0.2) is 17.9 Å². The van der Waals surface area contributed by atoms with Gasteiger partial charge in [-0.25, -0.2) is 0 Å². The molecule has 19 heavy (non-hydrogen) atoms. The molecule has 0 unspecified atom stereocenters. The van der Waals surface area contributed by atoms with Crippen molar-refractivity contribution in [2.24, 2.45) is 0 Å². The van der Waals surface area contributed by atoms with Crippen LogP contribution in [0, 0.1) is 13.8 Å². The first-order chi connectivity index (χ1) is 8.99. The highest BCUT2D eigenvalue weighted by molar-refractivity contribution is 6.34. The van der Waals surface area contributed by atoms with Crippen molar-refractivity contribution in [2.45, 2.75) is 13.8 Å². The molecule has 2 aromatic rings. The van der Waals surface area contributed by atoms with Crippen molar-refractivity contribution in [2.75, 3.05) is 11.9 Å². The Balaban J connectivity index is 2.36. The molecule has 0 saturated carbocycles. The zero-order valence-corrected chi connectivity index (χ0v) is 11.9. The Hall–Kier alpha value is -1.87. The van der Waals surface area contributed by atoms with Crippen molar-refractivity contribution in [3.63, 3.8) is 0 Å². The molecule has 4 heteroatoms. The molecule has 0 N–H and O–H groups in total. The van der Waals surface area contributed by atoms with Crippen molar-refractivity contribution in [1.82, 2.24) is 4.98 Å². The first kappa shape index (κ1) is 13.6. The second-order valence-electron chi connectivity index (χ2n) is 4.57. The molecule has 0 atom stereocenters. The molecule has 0 bridgehead atoms. The van der Waals surface area contributed by atoms with E-state index in [1.165, 1.54) is 6.20 Å². The zero-order chi connectivity index (χ0) is 14.0. The van der Waals surface area contributed by atoms with Crippen LogP contribution in [0.5, 0.6) is 0 Å². The lowest BCUT2D eigenvalue weighted by atomic mass is 10.1. The lowest BCUT2D eigenvalue weighted by molar-refractivity contribution is 0.0993. The number of aromatic nitrogens is 1. The van der Waals surface area contributed by atoms with E-state index < -0.39 is 0 Å². The Morgan fingerprint density at radius 3 is 2.42 bits per heavy atom. The van der Waals surface area contributed by atoms with Gasteiger partial charge < -0.3 is 4.90 Å². The van der Waals surface area contributed by atoms with Gasteiger partial charge in [-0.05, 0) is 43.2 Å². The summed E-state index contributed by atoms with van der Waals surface area (Å²) < 4.78 is 0. The van der Waals surface area contributed by atoms with Crippen LogP contribution in [0.1, 0.15) is 21.5 Å². The maximum atomic E-state index is 12.4. The van der Waals surface area contributed by atoms with Gasteiger partial charge in [0.15, 0.2) is 0 Å². The lowest BCUT2D eigenvalue weighted by Gasteiger charge is -2.19. The van der Waals surface area contributed by atoms with E-state index in [0.29, 0.717) is 10.6 Å². The topological polar surface area (TPSA) is 33.2 Å². The highest BCUT2D eigenvalue weighted by Crippen LogP contribution is 2.22. The van der Waals surface area contributed by atoms with Crippen LogP contribution >= 0.6 is 11.6 Å². The number of hydrogen-bond acceptors (Lipinski definition) is 2. The second kappa shape index (κ2) is 5.41. The molecule has 1 heterocycles. The van der Waals surface area contributed by atoms with Crippen LogP contribution in [-0.2, 0) is 0 Å². The Morgan fingerprint density at radius 1 is 1.21 bits per heavy atom. The summed E-state index contributed by atoms with van der Waals surface area (Å²) in [5.74, 6) is -0.141. The van der Waals surface area contributed by atoms with Crippen molar-refractivity contribution in [3.05, 3.63) is 58.4 Å². The number of nitrogens with zero attached hydrogens (tertiary/aromatic N) is 2. The highest BCUT2D eigenvalue weighted by Gasteiger charge is 2.16. The van der Waals surface area contributed by atoms with Gasteiger partial charge in [0.25, 0.3) is 5.91 Å². The Labute approximate surface area is 117 Å². The van der Waals surface area contributed by atoms with Gasteiger partial charge in [0.05, 0.1) is 10.6 Å². The first-order valence-electron chi connectivity index (χ1n) is 5.95. The third kappa shape index (κ3) is 2.93. The Morgan fingerprint density at radius 2 is 1.84 bits per heavy atom. The van der Waals surface area contributed by atoms with E-state index in [9.17, 15) is 4.79 Å². The predicted octanol–water partition coefficient (Wildman–Crippen LogP) is 3.63. The molecular formula is C15H15ClN2O. The van der Waals surface area contributed by atoms with E-state index in [1.807, 2.05) is 26.0 Å². The molecule has 0 spiro atoms. The molecule has 0 aliphatic rings. The number of rotatable bonds is 2. The lowest BCUT2D eigenvalue weighted by Crippen LogP contribution is -2.26. The van der Waals surface area contributed by atoms with Gasteiger partial charge in [-0.15, -0.1) is 0 Å². The zero-order valence-electron chi connectivity index (χ0n) is 11.1. The monoisotopic (exact) mass is 274 g/mol. The molecule has 2 rings (SSSR count). The molecule has 0 saturated heterocycles. The standard InChI is InChI=1S/C15H15ClN2O/c1-10-6-11(2)8-12(7-10)18(3)15(19)13-4-5-17-9-14(13)16/h4-9H,1-3H3. The Bertz CT molecular complexity index is 605. The largest absolute Gasteiger partial charge is 0.311 e. The number of amides is 1. The molecule has 0 fully saturated rings. The summed E-state index contributed by atoms with van der Waals surface area (Å²) in [5.41, 5.74) is 3.56. The van der Waals surface area contributed by atoms with Crippen molar-refractivity contribution < 1.29 is 4.79 Å². The number of carbonyl (C=O) groups is 1. The van der Waals surface area contributed by atoms with E-state index in [2.05, 4.69) is 11.1 Å². The van der Waals surface area contributed by atoms with Crippen LogP contribution in [0.15, 0.2) is 36.7 Å². The van der Waals surface area contributed by atoms with Gasteiger partial charge in [0.2, 0.25) is 0 Å². The van der Waals surface area contributed by atoms with Gasteiger partial charge in [-0.2, -0.15) is 0 Å². The van der Waals surface area contributed by atoms with E-state index in [0.717, 1.165) is 16.8 Å². The molecule has 1 aromatic carbocycles. The third-order valence-electron chi connectivity index (χ3n) is 2.90. The minimum absolute atomic E-state index is 0.141. The van der Waals surface area contributed by atoms with Gasteiger partial charge >= 0.3 is 0 Å². The molecule has 98 valence electrons. The molecule has 0 radical (unpaired) electrons. The molecular weight excluding hydrogens is 260 g/mol. The maximum absolute atomic E-state index is 12.4. The van der Waals surface area contributed by atoms with Crippen molar-refractivity contribution >= 4 is 23.2 Å². The van der Waals surface area contributed by atoms with Crippen molar-refractivity contribution in [3.8, 4) is 0 Å². The quantitative estimate of drug-likeness (QED) is 0.838. The number of carbonyl (C=O) groups excluding carboxylic acids is 1. The molecule has 0 aliphatic heterocycles. The molecule has 0 aliphatic carbocycles. The summed E-state index contributed by atoms with van der Waals surface area (Å²) in [5, 5.41) is 0.365. The Kier molecular flexibility index (Phi) is 3.86. The van der Waals surface area contributed by atoms with Crippen LogP contribution < -0.4 is 4.90 Å². The fourth-order valence-electron chi connectivity index (χ4n) is 1.99. The minimum atomic E-state index is -0.141. The smallest absolute Gasteiger partial charge is 0.259 e. The third-order valence-corrected chi connectivity index (χ3v) is 3.20. The molecule has 1 aromatic heterocycles. The summed E-state index contributed by atoms with van der Waals surface area (Å²) in [4.78, 5) is 17.9. The summed E-state index contributed by atoms with van der Waals surface area (Å²) in [6, 6.07) is 7.64. The average Bonchev–Trinajstić information content (AvgIpc) is 2.36. The summed E-state index contributed by atoms with van der Waals surface area (Å²) in [7, 11) is 1.74. The number of pyridine rings is 1. The van der Waals surface area contributed by atoms with Gasteiger partial charge in [-0.1, -0.05) is 17.7 Å². The molecule has 1 amide bonds. The van der Waals surface area contributed by atoms with Gasteiger partial charge in [-0.3, -0.25) is 9.78 Å². The number of halogens is 1. The van der Waals surface area contributed by atoms with Gasteiger partial charge in [0, 0.05) is 25.1 Å². The van der Waals surface area contributed by atoms with E-state index in [-0.39, 0.29) is 5.91 Å². The summed E-state index contributed by atoms with van der Waals surface area (Å²) in [6.07, 6.45) is 3.04. The SMILES string of the molecule is Cc1cc(C)cc(N(C)C(=O)c2ccncc2Cl)c1. The number of anilines is 1. The number of aryl methyl sites for hydroxylation is 2. The average molecular weight is 275 g/mol. The van der Waals surface area contributed by atoms with Crippen LogP contribution in [0.2, 0.25) is 5.02 Å². The van der Waals surface area contributed by atoms with Crippen LogP contribution in [0.3, 0.4) is 0 Å². The van der Waals surface area contributed by atoms with E-state index in [1.54, 1.807) is 24.2 Å². The number of hydrogen-bond donors (Lipinski definition) is 0. The van der Waals surface area contributed by atoms with Gasteiger partial charge in [0.1, 0.15) is 0 Å². The normalized spacial score (nSPS) is 10.3. The van der Waals surface area contributed by atoms with Crippen LogP contribution in [0.4, 0.5) is 5.69 Å². The van der Waals surface area contributed by atoms with Crippen molar-refractivity contribution in [1.29, 1.82) is 0 Å².